The fraction of sp³-hybridized carbons (Fsp3) is 0.158. The van der Waals surface area contributed by atoms with Crippen LogP contribution >= 0.6 is 0 Å². The normalized spacial score (nSPS) is 11.1. The SMILES string of the molecule is CCOc1cccc(C(=O)Oc2cc(N)n(S(=O)(=O)c3ccc(OC)cc3)n2)c1. The molecule has 10 heteroatoms. The number of hydrogen-bond acceptors (Lipinski definition) is 8. The average molecular weight is 417 g/mol. The first kappa shape index (κ1) is 20.2. The fourth-order valence-corrected chi connectivity index (χ4v) is 3.68. The Balaban J connectivity index is 1.84. The maximum Gasteiger partial charge on any atom is 0.345 e. The van der Waals surface area contributed by atoms with Crippen LogP contribution in [-0.2, 0) is 10.0 Å². The van der Waals surface area contributed by atoms with Crippen LogP contribution in [0.3, 0.4) is 0 Å². The molecule has 0 amide bonds. The van der Waals surface area contributed by atoms with Crippen LogP contribution in [0, 0.1) is 0 Å². The van der Waals surface area contributed by atoms with Crippen molar-refractivity contribution in [2.24, 2.45) is 0 Å². The lowest BCUT2D eigenvalue weighted by atomic mass is 10.2. The molecule has 9 nitrogen and oxygen atoms in total. The number of carbonyl (C=O) groups excluding carboxylic acids is 1. The van der Waals surface area contributed by atoms with Crippen molar-refractivity contribution >= 4 is 21.8 Å². The molecule has 0 aliphatic carbocycles. The topological polar surface area (TPSA) is 123 Å². The van der Waals surface area contributed by atoms with Crippen molar-refractivity contribution in [1.29, 1.82) is 0 Å². The smallest absolute Gasteiger partial charge is 0.345 e. The Bertz CT molecular complexity index is 1120. The zero-order chi connectivity index (χ0) is 21.0. The molecule has 29 heavy (non-hydrogen) atoms. The number of aromatic nitrogens is 2. The number of hydrogen-bond donors (Lipinski definition) is 1. The second-order valence-corrected chi connectivity index (χ2v) is 7.55. The lowest BCUT2D eigenvalue weighted by Crippen LogP contribution is -2.17. The summed E-state index contributed by atoms with van der Waals surface area (Å²) in [6.45, 7) is 2.27. The van der Waals surface area contributed by atoms with Gasteiger partial charge < -0.3 is 19.9 Å². The van der Waals surface area contributed by atoms with E-state index in [2.05, 4.69) is 5.10 Å². The van der Waals surface area contributed by atoms with Crippen LogP contribution in [0.2, 0.25) is 0 Å². The van der Waals surface area contributed by atoms with Crippen LogP contribution in [0.5, 0.6) is 17.4 Å². The Labute approximate surface area is 167 Å². The van der Waals surface area contributed by atoms with Crippen LogP contribution < -0.4 is 19.9 Å². The fourth-order valence-electron chi connectivity index (χ4n) is 2.48. The minimum absolute atomic E-state index is 0.0459. The van der Waals surface area contributed by atoms with E-state index < -0.39 is 16.0 Å². The van der Waals surface area contributed by atoms with Crippen molar-refractivity contribution in [3.05, 3.63) is 60.2 Å². The summed E-state index contributed by atoms with van der Waals surface area (Å²) < 4.78 is 41.7. The molecule has 0 aliphatic heterocycles. The molecule has 2 N–H and O–H groups in total. The summed E-state index contributed by atoms with van der Waals surface area (Å²) in [5, 5.41) is 3.82. The summed E-state index contributed by atoms with van der Waals surface area (Å²) >= 11 is 0. The molecule has 152 valence electrons. The molecule has 0 bridgehead atoms. The van der Waals surface area contributed by atoms with Crippen LogP contribution in [0.15, 0.2) is 59.5 Å². The number of carbonyl (C=O) groups is 1. The second-order valence-electron chi connectivity index (χ2n) is 5.78. The number of nitrogen functional groups attached to an aromatic ring is 1. The highest BCUT2D eigenvalue weighted by Gasteiger charge is 2.23. The van der Waals surface area contributed by atoms with Crippen LogP contribution in [-0.4, -0.2) is 37.3 Å². The maximum absolute atomic E-state index is 12.8. The molecule has 0 radical (unpaired) electrons. The average Bonchev–Trinajstić information content (AvgIpc) is 3.09. The van der Waals surface area contributed by atoms with E-state index in [1.807, 2.05) is 6.92 Å². The van der Waals surface area contributed by atoms with Crippen molar-refractivity contribution in [1.82, 2.24) is 9.19 Å². The van der Waals surface area contributed by atoms with Crippen LogP contribution in [0.25, 0.3) is 0 Å². The van der Waals surface area contributed by atoms with Crippen LogP contribution in [0.1, 0.15) is 17.3 Å². The zero-order valence-electron chi connectivity index (χ0n) is 15.7. The molecular formula is C19H19N3O6S. The largest absolute Gasteiger partial charge is 0.497 e. The standard InChI is InChI=1S/C19H19N3O6S/c1-3-27-15-6-4-5-13(11-15)19(23)28-18-12-17(20)22(21-18)29(24,25)16-9-7-14(26-2)8-10-16/h4-12H,3,20H2,1-2H3. The zero-order valence-corrected chi connectivity index (χ0v) is 16.5. The molecule has 0 atom stereocenters. The number of rotatable bonds is 7. The quantitative estimate of drug-likeness (QED) is 0.581. The van der Waals surface area contributed by atoms with Gasteiger partial charge in [0.1, 0.15) is 17.3 Å². The van der Waals surface area contributed by atoms with E-state index in [-0.39, 0.29) is 22.2 Å². The number of nitrogens with zero attached hydrogens (tertiary/aromatic N) is 2. The molecule has 0 saturated carbocycles. The lowest BCUT2D eigenvalue weighted by Gasteiger charge is -2.07. The molecule has 0 saturated heterocycles. The maximum atomic E-state index is 12.8. The summed E-state index contributed by atoms with van der Waals surface area (Å²) in [7, 11) is -2.60. The van der Waals surface area contributed by atoms with Gasteiger partial charge in [0.2, 0.25) is 5.88 Å². The summed E-state index contributed by atoms with van der Waals surface area (Å²) in [5.41, 5.74) is 6.01. The van der Waals surface area contributed by atoms with E-state index in [1.54, 1.807) is 18.2 Å². The van der Waals surface area contributed by atoms with Gasteiger partial charge >= 0.3 is 5.97 Å². The van der Waals surface area contributed by atoms with Crippen molar-refractivity contribution in [3.8, 4) is 17.4 Å². The van der Waals surface area contributed by atoms with E-state index >= 15 is 0 Å². The minimum atomic E-state index is -4.07. The number of nitrogens with two attached hydrogens (primary N) is 1. The Morgan fingerprint density at radius 1 is 1.10 bits per heavy atom. The van der Waals surface area contributed by atoms with E-state index in [0.29, 0.717) is 22.2 Å². The van der Waals surface area contributed by atoms with Gasteiger partial charge in [-0.05, 0) is 49.4 Å². The van der Waals surface area contributed by atoms with Gasteiger partial charge in [0.25, 0.3) is 10.0 Å². The van der Waals surface area contributed by atoms with Gasteiger partial charge in [-0.2, -0.15) is 8.42 Å². The number of benzene rings is 2. The molecule has 3 aromatic rings. The first-order chi connectivity index (χ1) is 13.8. The van der Waals surface area contributed by atoms with Gasteiger partial charge in [-0.1, -0.05) is 6.07 Å². The third kappa shape index (κ3) is 4.32. The Morgan fingerprint density at radius 3 is 2.48 bits per heavy atom. The van der Waals surface area contributed by atoms with Gasteiger partial charge in [-0.25, -0.2) is 4.79 Å². The third-order valence-electron chi connectivity index (χ3n) is 3.84. The molecule has 0 spiro atoms. The highest BCUT2D eigenvalue weighted by molar-refractivity contribution is 7.90. The summed E-state index contributed by atoms with van der Waals surface area (Å²) in [6.07, 6.45) is 0. The van der Waals surface area contributed by atoms with E-state index in [4.69, 9.17) is 19.9 Å². The highest BCUT2D eigenvalue weighted by atomic mass is 32.2. The monoisotopic (exact) mass is 417 g/mol. The molecule has 2 aromatic carbocycles. The summed E-state index contributed by atoms with van der Waals surface area (Å²) in [5.74, 6) is -0.161. The molecule has 1 heterocycles. The van der Waals surface area contributed by atoms with Gasteiger partial charge in [0.05, 0.1) is 24.2 Å². The van der Waals surface area contributed by atoms with Crippen molar-refractivity contribution in [2.75, 3.05) is 19.5 Å². The summed E-state index contributed by atoms with van der Waals surface area (Å²) in [4.78, 5) is 12.3. The molecule has 1 aromatic heterocycles. The van der Waals surface area contributed by atoms with Gasteiger partial charge in [-0.3, -0.25) is 0 Å². The third-order valence-corrected chi connectivity index (χ3v) is 5.46. The number of methoxy groups -OCH3 is 1. The van der Waals surface area contributed by atoms with Crippen LogP contribution in [0.4, 0.5) is 5.82 Å². The minimum Gasteiger partial charge on any atom is -0.497 e. The summed E-state index contributed by atoms with van der Waals surface area (Å²) in [6, 6.07) is 13.3. The van der Waals surface area contributed by atoms with Gasteiger partial charge in [0.15, 0.2) is 0 Å². The molecule has 0 aliphatic rings. The number of ether oxygens (including phenoxy) is 3. The van der Waals surface area contributed by atoms with E-state index in [0.717, 1.165) is 6.07 Å². The first-order valence-corrected chi connectivity index (χ1v) is 9.99. The van der Waals surface area contributed by atoms with E-state index in [9.17, 15) is 13.2 Å². The second kappa shape index (κ2) is 8.23. The predicted molar refractivity (Wildman–Crippen MR) is 105 cm³/mol. The van der Waals surface area contributed by atoms with Gasteiger partial charge in [-0.15, -0.1) is 9.19 Å². The molecule has 0 unspecified atom stereocenters. The molecular weight excluding hydrogens is 398 g/mol. The Kier molecular flexibility index (Phi) is 5.74. The number of esters is 1. The molecule has 3 rings (SSSR count). The Hall–Kier alpha value is -3.53. The lowest BCUT2D eigenvalue weighted by molar-refractivity contribution is 0.0726. The first-order valence-electron chi connectivity index (χ1n) is 8.55. The molecule has 0 fully saturated rings. The van der Waals surface area contributed by atoms with E-state index in [1.165, 1.54) is 37.4 Å². The number of anilines is 1. The van der Waals surface area contributed by atoms with Gasteiger partial charge in [0, 0.05) is 6.07 Å². The van der Waals surface area contributed by atoms with Crippen molar-refractivity contribution in [2.45, 2.75) is 11.8 Å². The predicted octanol–water partition coefficient (Wildman–Crippen LogP) is 2.33. The van der Waals surface area contributed by atoms with Crippen molar-refractivity contribution < 1.29 is 27.4 Å². The Morgan fingerprint density at radius 2 is 1.83 bits per heavy atom. The van der Waals surface area contributed by atoms with Crippen molar-refractivity contribution in [3.63, 3.8) is 0 Å². The highest BCUT2D eigenvalue weighted by Crippen LogP contribution is 2.23.